The lowest BCUT2D eigenvalue weighted by molar-refractivity contribution is -0.160. The van der Waals surface area contributed by atoms with Crippen LogP contribution in [0.5, 0.6) is 11.5 Å². The molecular weight excluding hydrogens is 550 g/mol. The third kappa shape index (κ3) is 6.97. The van der Waals surface area contributed by atoms with Crippen molar-refractivity contribution < 1.29 is 23.8 Å². The average molecular weight is 586 g/mol. The third-order valence-corrected chi connectivity index (χ3v) is 7.97. The van der Waals surface area contributed by atoms with Crippen molar-refractivity contribution in [3.05, 3.63) is 94.1 Å². The summed E-state index contributed by atoms with van der Waals surface area (Å²) < 4.78 is 17.2. The van der Waals surface area contributed by atoms with Crippen LogP contribution >= 0.6 is 11.3 Å². The zero-order chi connectivity index (χ0) is 29.7. The number of fused-ring (bicyclic) bond motifs is 1. The number of esters is 1. The van der Waals surface area contributed by atoms with Crippen molar-refractivity contribution >= 4 is 23.2 Å². The number of nitrogens with one attached hydrogen (secondary N) is 1. The van der Waals surface area contributed by atoms with Gasteiger partial charge in [0.05, 0.1) is 31.2 Å². The lowest BCUT2D eigenvalue weighted by atomic mass is 9.80. The smallest absolute Gasteiger partial charge is 0.307 e. The summed E-state index contributed by atoms with van der Waals surface area (Å²) in [5.74, 6) is 0.781. The van der Waals surface area contributed by atoms with Gasteiger partial charge in [-0.1, -0.05) is 24.3 Å². The highest BCUT2D eigenvalue weighted by Gasteiger charge is 2.46. The van der Waals surface area contributed by atoms with Crippen LogP contribution in [0.2, 0.25) is 0 Å². The van der Waals surface area contributed by atoms with Crippen LogP contribution in [0.3, 0.4) is 0 Å². The number of methoxy groups -OCH3 is 1. The largest absolute Gasteiger partial charge is 0.496 e. The molecule has 0 spiro atoms. The lowest BCUT2D eigenvalue weighted by Crippen LogP contribution is -2.44. The molecule has 9 heteroatoms. The van der Waals surface area contributed by atoms with Crippen molar-refractivity contribution in [1.82, 2.24) is 15.3 Å². The number of aromatic nitrogens is 2. The molecule has 1 aliphatic rings. The maximum Gasteiger partial charge on any atom is 0.307 e. The van der Waals surface area contributed by atoms with E-state index in [0.717, 1.165) is 33.0 Å². The van der Waals surface area contributed by atoms with Gasteiger partial charge in [-0.25, -0.2) is 4.98 Å². The van der Waals surface area contributed by atoms with Crippen molar-refractivity contribution in [1.29, 1.82) is 0 Å². The predicted molar refractivity (Wildman–Crippen MR) is 161 cm³/mol. The van der Waals surface area contributed by atoms with Gasteiger partial charge in [0.2, 0.25) is 5.91 Å². The van der Waals surface area contributed by atoms with Gasteiger partial charge >= 0.3 is 5.97 Å². The Balaban J connectivity index is 1.26. The van der Waals surface area contributed by atoms with Gasteiger partial charge in [-0.05, 0) is 74.6 Å². The van der Waals surface area contributed by atoms with E-state index >= 15 is 0 Å². The monoisotopic (exact) mass is 585 g/mol. The van der Waals surface area contributed by atoms with Crippen LogP contribution in [0.4, 0.5) is 0 Å². The van der Waals surface area contributed by atoms with E-state index in [-0.39, 0.29) is 24.8 Å². The second kappa shape index (κ2) is 12.3. The highest BCUT2D eigenvalue weighted by atomic mass is 32.1. The number of hydrogen-bond acceptors (Lipinski definition) is 8. The Morgan fingerprint density at radius 3 is 2.40 bits per heavy atom. The second-order valence-electron chi connectivity index (χ2n) is 11.5. The topological polar surface area (TPSA) is 99.6 Å². The van der Waals surface area contributed by atoms with E-state index < -0.39 is 11.0 Å². The first kappa shape index (κ1) is 29.3. The second-order valence-corrected chi connectivity index (χ2v) is 12.4. The molecule has 218 valence electrons. The van der Waals surface area contributed by atoms with Gasteiger partial charge in [0.15, 0.2) is 0 Å². The number of hydrogen-bond donors (Lipinski definition) is 1. The van der Waals surface area contributed by atoms with Crippen molar-refractivity contribution in [2.45, 2.75) is 58.8 Å². The number of ether oxygens (including phenoxy) is 3. The maximum atomic E-state index is 13.7. The van der Waals surface area contributed by atoms with E-state index in [2.05, 4.69) is 10.3 Å². The van der Waals surface area contributed by atoms with Crippen molar-refractivity contribution in [3.8, 4) is 22.8 Å². The molecule has 0 fully saturated rings. The summed E-state index contributed by atoms with van der Waals surface area (Å²) >= 11 is 1.46. The van der Waals surface area contributed by atoms with Crippen molar-refractivity contribution in [3.63, 3.8) is 0 Å². The summed E-state index contributed by atoms with van der Waals surface area (Å²) in [7, 11) is 1.61. The molecule has 8 nitrogen and oxygen atoms in total. The standard InChI is InChI=1S/C33H35N3O5S/c1-32(2,3)41-30(37)18-33(16-23-7-5-6-8-24(23)17-33)31(38)35-19-29-36-27(21-42-29)26-10-9-25(15-28(26)39-4)40-20-22-11-13-34-14-12-22/h5-15,21H,16-20H2,1-4H3,(H,35,38). The van der Waals surface area contributed by atoms with E-state index in [1.54, 1.807) is 19.5 Å². The molecule has 1 amide bonds. The zero-order valence-electron chi connectivity index (χ0n) is 24.3. The van der Waals surface area contributed by atoms with Crippen LogP contribution < -0.4 is 14.8 Å². The van der Waals surface area contributed by atoms with Crippen LogP contribution in [-0.2, 0) is 40.3 Å². The molecule has 0 unspecified atom stereocenters. The number of carbonyl (C=O) groups is 2. The van der Waals surface area contributed by atoms with E-state index in [9.17, 15) is 9.59 Å². The molecule has 1 aliphatic carbocycles. The van der Waals surface area contributed by atoms with E-state index in [0.29, 0.717) is 30.9 Å². The summed E-state index contributed by atoms with van der Waals surface area (Å²) in [6, 6.07) is 17.4. The normalized spacial score (nSPS) is 13.7. The van der Waals surface area contributed by atoms with Gasteiger partial charge in [-0.15, -0.1) is 11.3 Å². The number of rotatable bonds is 10. The number of thiazole rings is 1. The quantitative estimate of drug-likeness (QED) is 0.231. The van der Waals surface area contributed by atoms with Gasteiger partial charge in [0.1, 0.15) is 28.7 Å². The molecule has 4 aromatic rings. The first-order chi connectivity index (χ1) is 20.1. The Morgan fingerprint density at radius 1 is 1.02 bits per heavy atom. The predicted octanol–water partition coefficient (Wildman–Crippen LogP) is 5.93. The van der Waals surface area contributed by atoms with Crippen LogP contribution in [0.15, 0.2) is 72.4 Å². The fourth-order valence-corrected chi connectivity index (χ4v) is 5.93. The molecule has 0 saturated carbocycles. The molecule has 0 saturated heterocycles. The van der Waals surface area contributed by atoms with Gasteiger partial charge < -0.3 is 19.5 Å². The van der Waals surface area contributed by atoms with Crippen LogP contribution in [-0.4, -0.2) is 34.6 Å². The van der Waals surface area contributed by atoms with Crippen LogP contribution in [0.25, 0.3) is 11.3 Å². The maximum absolute atomic E-state index is 13.7. The Morgan fingerprint density at radius 2 is 1.74 bits per heavy atom. The van der Waals surface area contributed by atoms with E-state index in [1.807, 2.05) is 80.7 Å². The third-order valence-electron chi connectivity index (χ3n) is 7.12. The molecule has 0 aliphatic heterocycles. The highest BCUT2D eigenvalue weighted by molar-refractivity contribution is 7.09. The molecule has 0 radical (unpaired) electrons. The number of benzene rings is 2. The molecule has 1 N–H and O–H groups in total. The van der Waals surface area contributed by atoms with Gasteiger partial charge in [-0.3, -0.25) is 14.6 Å². The van der Waals surface area contributed by atoms with Crippen molar-refractivity contribution in [2.75, 3.05) is 7.11 Å². The molecule has 2 aromatic carbocycles. The molecule has 2 heterocycles. The fraction of sp³-hybridized carbons (Fsp3) is 0.333. The lowest BCUT2D eigenvalue weighted by Gasteiger charge is -2.29. The Kier molecular flexibility index (Phi) is 8.59. The van der Waals surface area contributed by atoms with Gasteiger partial charge in [0.25, 0.3) is 0 Å². The minimum atomic E-state index is -0.901. The number of pyridine rings is 1. The first-order valence-electron chi connectivity index (χ1n) is 13.9. The summed E-state index contributed by atoms with van der Waals surface area (Å²) in [6.07, 6.45) is 4.46. The molecule has 42 heavy (non-hydrogen) atoms. The van der Waals surface area contributed by atoms with Crippen LogP contribution in [0, 0.1) is 5.41 Å². The summed E-state index contributed by atoms with van der Waals surface area (Å²) in [5.41, 5.74) is 3.26. The first-order valence-corrected chi connectivity index (χ1v) is 14.7. The number of nitrogens with zero attached hydrogens (tertiary/aromatic N) is 2. The average Bonchev–Trinajstić information content (AvgIpc) is 3.59. The zero-order valence-corrected chi connectivity index (χ0v) is 25.1. The fourth-order valence-electron chi connectivity index (χ4n) is 5.19. The van der Waals surface area contributed by atoms with Crippen LogP contribution in [0.1, 0.15) is 48.9 Å². The minimum absolute atomic E-state index is 0.0146. The molecular formula is C33H35N3O5S. The SMILES string of the molecule is COc1cc(OCc2ccncc2)ccc1-c1csc(CNC(=O)C2(CC(=O)OC(C)(C)C)Cc3ccccc3C2)n1. The number of carbonyl (C=O) groups excluding carboxylic acids is 2. The van der Waals surface area contributed by atoms with Gasteiger partial charge in [-0.2, -0.15) is 0 Å². The van der Waals surface area contributed by atoms with Gasteiger partial charge in [0, 0.05) is 29.4 Å². The van der Waals surface area contributed by atoms with Crippen molar-refractivity contribution in [2.24, 2.45) is 5.41 Å². The number of amides is 1. The molecule has 2 aromatic heterocycles. The Bertz CT molecular complexity index is 1540. The summed E-state index contributed by atoms with van der Waals surface area (Å²) in [6.45, 7) is 6.18. The Labute approximate surface area is 250 Å². The molecule has 5 rings (SSSR count). The minimum Gasteiger partial charge on any atom is -0.496 e. The van der Waals surface area contributed by atoms with E-state index in [1.165, 1.54) is 11.3 Å². The Hall–Kier alpha value is -4.24. The summed E-state index contributed by atoms with van der Waals surface area (Å²) in [4.78, 5) is 35.4. The molecule has 0 bridgehead atoms. The molecule has 0 atom stereocenters. The van der Waals surface area contributed by atoms with E-state index in [4.69, 9.17) is 19.2 Å². The summed E-state index contributed by atoms with van der Waals surface area (Å²) in [5, 5.41) is 5.76. The highest BCUT2D eigenvalue weighted by Crippen LogP contribution is 2.41.